The monoisotopic (exact) mass is 678 g/mol. The third kappa shape index (κ3) is 8.60. The fourth-order valence-corrected chi connectivity index (χ4v) is 5.26. The maximum Gasteiger partial charge on any atom is 0.573 e. The highest BCUT2D eigenvalue weighted by Crippen LogP contribution is 2.36. The van der Waals surface area contributed by atoms with Crippen LogP contribution in [0.15, 0.2) is 72.0 Å². The zero-order valence-electron chi connectivity index (χ0n) is 24.5. The average molecular weight is 679 g/mol. The largest absolute Gasteiger partial charge is 0.573 e. The van der Waals surface area contributed by atoms with E-state index in [9.17, 15) is 35.9 Å². The Balaban J connectivity index is 1.30. The van der Waals surface area contributed by atoms with Crippen LogP contribution in [0.1, 0.15) is 17.5 Å². The van der Waals surface area contributed by atoms with Gasteiger partial charge in [-0.2, -0.15) is 18.2 Å². The number of anilines is 2. The Kier molecular flexibility index (Phi) is 9.46. The molecule has 1 fully saturated rings. The van der Waals surface area contributed by atoms with Crippen molar-refractivity contribution in [2.45, 2.75) is 32.8 Å². The summed E-state index contributed by atoms with van der Waals surface area (Å²) < 4.78 is 86.5. The Morgan fingerprint density at radius 3 is 2.55 bits per heavy atom. The molecule has 0 spiro atoms. The van der Waals surface area contributed by atoms with Gasteiger partial charge < -0.3 is 14.8 Å². The molecule has 0 unspecified atom stereocenters. The summed E-state index contributed by atoms with van der Waals surface area (Å²) in [5, 5.41) is 7.00. The average Bonchev–Trinajstić information content (AvgIpc) is 3.61. The van der Waals surface area contributed by atoms with Gasteiger partial charge >= 0.3 is 18.6 Å². The van der Waals surface area contributed by atoms with Crippen LogP contribution in [0, 0.1) is 13.8 Å². The standard InChI is InChI=1S/C30H24F6N6O4S/c1-17-6-9-24(45-11-10-29(31,32)33)23(12-17)42-25(43)15-47-28(42)39-27(44)38-22-8-7-19(13-18(22)2)26-37-16-41(40-26)20-4-3-5-21(14-20)46-30(34,35)36/h3-9,12-14,16H,10-11,15H2,1-2H3,(H,38,44)/b39-28-. The van der Waals surface area contributed by atoms with Crippen molar-refractivity contribution >= 4 is 40.2 Å². The number of alkyl halides is 6. The Hall–Kier alpha value is -5.06. The van der Waals surface area contributed by atoms with Crippen molar-refractivity contribution in [3.05, 3.63) is 78.1 Å². The first-order chi connectivity index (χ1) is 22.1. The molecular formula is C30H24F6N6O4S. The number of hydrogen-bond donors (Lipinski definition) is 1. The number of nitrogens with zero attached hydrogens (tertiary/aromatic N) is 5. The van der Waals surface area contributed by atoms with Crippen LogP contribution in [0.5, 0.6) is 11.5 Å². The quantitative estimate of drug-likeness (QED) is 0.193. The molecule has 17 heteroatoms. The molecule has 5 rings (SSSR count). The summed E-state index contributed by atoms with van der Waals surface area (Å²) >= 11 is 0.990. The number of halogens is 6. The number of thioether (sulfide) groups is 1. The number of amidine groups is 1. The minimum Gasteiger partial charge on any atom is -0.491 e. The van der Waals surface area contributed by atoms with Gasteiger partial charge in [-0.15, -0.1) is 18.3 Å². The van der Waals surface area contributed by atoms with Crippen LogP contribution in [0.3, 0.4) is 0 Å². The summed E-state index contributed by atoms with van der Waals surface area (Å²) in [5.41, 5.74) is 2.68. The summed E-state index contributed by atoms with van der Waals surface area (Å²) in [5.74, 6) is -0.594. The van der Waals surface area contributed by atoms with E-state index in [1.165, 1.54) is 29.2 Å². The van der Waals surface area contributed by atoms with Gasteiger partial charge in [-0.05, 0) is 67.4 Å². The predicted octanol–water partition coefficient (Wildman–Crippen LogP) is 7.45. The lowest BCUT2D eigenvalue weighted by Crippen LogP contribution is -2.31. The number of amides is 3. The number of aryl methyl sites for hydroxylation is 2. The first-order valence-electron chi connectivity index (χ1n) is 13.7. The lowest BCUT2D eigenvalue weighted by molar-refractivity contribution is -0.274. The number of urea groups is 1. The third-order valence-electron chi connectivity index (χ3n) is 6.49. The van der Waals surface area contributed by atoms with Gasteiger partial charge in [0.15, 0.2) is 11.0 Å². The van der Waals surface area contributed by atoms with Crippen molar-refractivity contribution in [1.82, 2.24) is 14.8 Å². The van der Waals surface area contributed by atoms with Crippen LogP contribution in [0.25, 0.3) is 17.1 Å². The van der Waals surface area contributed by atoms with E-state index in [1.54, 1.807) is 44.2 Å². The van der Waals surface area contributed by atoms with Crippen LogP contribution in [0.4, 0.5) is 42.5 Å². The Morgan fingerprint density at radius 1 is 1.04 bits per heavy atom. The molecule has 0 bridgehead atoms. The van der Waals surface area contributed by atoms with Crippen molar-refractivity contribution in [1.29, 1.82) is 0 Å². The zero-order chi connectivity index (χ0) is 33.9. The minimum absolute atomic E-state index is 0.0208. The van der Waals surface area contributed by atoms with E-state index in [0.29, 0.717) is 22.4 Å². The molecule has 3 amide bonds. The van der Waals surface area contributed by atoms with Crippen molar-refractivity contribution in [2.75, 3.05) is 22.6 Å². The van der Waals surface area contributed by atoms with Crippen LogP contribution in [0.2, 0.25) is 0 Å². The third-order valence-corrected chi connectivity index (χ3v) is 7.42. The van der Waals surface area contributed by atoms with E-state index in [0.717, 1.165) is 28.8 Å². The van der Waals surface area contributed by atoms with Gasteiger partial charge in [0.2, 0.25) is 5.91 Å². The molecule has 1 aliphatic rings. The normalized spacial score (nSPS) is 14.5. The molecule has 1 aliphatic heterocycles. The Labute approximate surface area is 267 Å². The highest BCUT2D eigenvalue weighted by Gasteiger charge is 2.34. The van der Waals surface area contributed by atoms with Crippen molar-refractivity contribution in [3.8, 4) is 28.6 Å². The minimum atomic E-state index is -4.85. The second kappa shape index (κ2) is 13.4. The summed E-state index contributed by atoms with van der Waals surface area (Å²) in [6.45, 7) is 2.78. The van der Waals surface area contributed by atoms with Gasteiger partial charge in [0.1, 0.15) is 17.8 Å². The molecule has 3 aromatic carbocycles. The summed E-state index contributed by atoms with van der Waals surface area (Å²) in [6.07, 6.45) is -9.12. The first kappa shape index (κ1) is 33.3. The molecule has 1 N–H and O–H groups in total. The molecule has 0 aliphatic carbocycles. The molecule has 2 heterocycles. The molecule has 4 aromatic rings. The number of hydrogen-bond acceptors (Lipinski definition) is 7. The van der Waals surface area contributed by atoms with Crippen molar-refractivity contribution in [3.63, 3.8) is 0 Å². The molecule has 0 atom stereocenters. The van der Waals surface area contributed by atoms with Gasteiger partial charge in [0, 0.05) is 17.3 Å². The van der Waals surface area contributed by atoms with Gasteiger partial charge in [-0.25, -0.2) is 14.5 Å². The molecule has 1 saturated heterocycles. The molecule has 10 nitrogen and oxygen atoms in total. The second-order valence-electron chi connectivity index (χ2n) is 10.1. The maximum atomic E-state index is 13.0. The smallest absolute Gasteiger partial charge is 0.491 e. The van der Waals surface area contributed by atoms with Gasteiger partial charge in [0.25, 0.3) is 0 Å². The number of rotatable bonds is 8. The maximum absolute atomic E-state index is 13.0. The number of carbonyl (C=O) groups is 2. The Bertz CT molecular complexity index is 1840. The van der Waals surface area contributed by atoms with Gasteiger partial charge in [-0.3, -0.25) is 9.69 Å². The lowest BCUT2D eigenvalue weighted by Gasteiger charge is -2.21. The van der Waals surface area contributed by atoms with Crippen LogP contribution in [-0.2, 0) is 4.79 Å². The highest BCUT2D eigenvalue weighted by molar-refractivity contribution is 8.15. The number of aromatic nitrogens is 3. The van der Waals surface area contributed by atoms with Crippen LogP contribution in [-0.4, -0.2) is 56.8 Å². The summed E-state index contributed by atoms with van der Waals surface area (Å²) in [7, 11) is 0. The fourth-order valence-electron chi connectivity index (χ4n) is 4.40. The van der Waals surface area contributed by atoms with Crippen LogP contribution < -0.4 is 19.7 Å². The van der Waals surface area contributed by atoms with Crippen molar-refractivity contribution in [2.24, 2.45) is 4.99 Å². The van der Waals surface area contributed by atoms with E-state index in [4.69, 9.17) is 4.74 Å². The molecule has 0 saturated carbocycles. The second-order valence-corrected chi connectivity index (χ2v) is 11.1. The van der Waals surface area contributed by atoms with Gasteiger partial charge in [0.05, 0.1) is 30.2 Å². The topological polar surface area (TPSA) is 111 Å². The zero-order valence-corrected chi connectivity index (χ0v) is 25.3. The summed E-state index contributed by atoms with van der Waals surface area (Å²) in [4.78, 5) is 35.2. The van der Waals surface area contributed by atoms with E-state index in [-0.39, 0.29) is 33.9 Å². The van der Waals surface area contributed by atoms with Crippen molar-refractivity contribution < 1.29 is 45.4 Å². The fraction of sp³-hybridized carbons (Fsp3) is 0.233. The van der Waals surface area contributed by atoms with Gasteiger partial charge in [-0.1, -0.05) is 23.9 Å². The SMILES string of the molecule is Cc1ccc(OCCC(F)(F)F)c(N2C(=O)CS/C2=N\C(=O)Nc2ccc(-c3ncn(-c4cccc(OC(F)(F)F)c4)n3)cc2C)c1. The predicted molar refractivity (Wildman–Crippen MR) is 162 cm³/mol. The van der Waals surface area contributed by atoms with E-state index in [1.807, 2.05) is 0 Å². The molecular weight excluding hydrogens is 654 g/mol. The number of carbonyl (C=O) groups excluding carboxylic acids is 2. The van der Waals surface area contributed by atoms with E-state index >= 15 is 0 Å². The lowest BCUT2D eigenvalue weighted by atomic mass is 10.1. The van der Waals surface area contributed by atoms with Crippen LogP contribution >= 0.6 is 11.8 Å². The molecule has 1 aromatic heterocycles. The number of aliphatic imine (C=N–C) groups is 1. The first-order valence-corrected chi connectivity index (χ1v) is 14.7. The summed E-state index contributed by atoms with van der Waals surface area (Å²) in [6, 6.07) is 14.0. The molecule has 0 radical (unpaired) electrons. The number of ether oxygens (including phenoxy) is 2. The Morgan fingerprint density at radius 2 is 1.83 bits per heavy atom. The highest BCUT2D eigenvalue weighted by atomic mass is 32.2. The molecule has 47 heavy (non-hydrogen) atoms. The van der Waals surface area contributed by atoms with E-state index in [2.05, 4.69) is 25.1 Å². The molecule has 246 valence electrons. The number of nitrogens with one attached hydrogen (secondary N) is 1. The number of benzene rings is 3. The van der Waals surface area contributed by atoms with E-state index < -0.39 is 43.3 Å².